The molecule has 1 aromatic heterocycles. The van der Waals surface area contributed by atoms with Crippen LogP contribution in [0, 0.1) is 12.7 Å². The van der Waals surface area contributed by atoms with Crippen molar-refractivity contribution in [1.82, 2.24) is 14.7 Å². The number of aromatic nitrogens is 2. The Morgan fingerprint density at radius 2 is 1.63 bits per heavy atom. The number of methoxy groups -OCH3 is 1. The van der Waals surface area contributed by atoms with Crippen molar-refractivity contribution in [1.29, 1.82) is 0 Å². The first-order chi connectivity index (χ1) is 18.5. The number of aliphatic hydroxyl groups excluding tert-OH is 1. The minimum Gasteiger partial charge on any atom is -0.493 e. The first-order valence-electron chi connectivity index (χ1n) is 12.7. The van der Waals surface area contributed by atoms with Crippen LogP contribution >= 0.6 is 0 Å². The van der Waals surface area contributed by atoms with Gasteiger partial charge in [-0.05, 0) is 55.8 Å². The van der Waals surface area contributed by atoms with Crippen LogP contribution in [0.2, 0.25) is 0 Å². The molecule has 4 rings (SSSR count). The Labute approximate surface area is 223 Å². The standard InChI is InChI=1S/C30H34FN3O4/c1-4-37-21-26(35)19-33(18-23-14-16-24(31)17-15-23)20-27-22(2)32-34(25-10-6-5-7-11-25)30(27)38-29-13-9-8-12-28(29)36-3/h5-17,26,35H,4,18-21H2,1-3H3/t26-/m0/s1. The lowest BCUT2D eigenvalue weighted by atomic mass is 10.1. The quantitative estimate of drug-likeness (QED) is 0.251. The molecule has 0 radical (unpaired) electrons. The van der Waals surface area contributed by atoms with Crippen molar-refractivity contribution in [2.75, 3.05) is 26.9 Å². The summed E-state index contributed by atoms with van der Waals surface area (Å²) in [5.41, 5.74) is 3.44. The van der Waals surface area contributed by atoms with Gasteiger partial charge in [-0.1, -0.05) is 42.5 Å². The van der Waals surface area contributed by atoms with E-state index in [2.05, 4.69) is 4.90 Å². The molecule has 0 aliphatic carbocycles. The molecule has 0 amide bonds. The number of rotatable bonds is 13. The third-order valence-electron chi connectivity index (χ3n) is 6.10. The number of benzene rings is 3. The Balaban J connectivity index is 1.72. The zero-order chi connectivity index (χ0) is 26.9. The zero-order valence-corrected chi connectivity index (χ0v) is 22.0. The third kappa shape index (κ3) is 6.98. The average Bonchev–Trinajstić information content (AvgIpc) is 3.24. The molecule has 38 heavy (non-hydrogen) atoms. The van der Waals surface area contributed by atoms with E-state index < -0.39 is 6.10 Å². The maximum Gasteiger partial charge on any atom is 0.227 e. The van der Waals surface area contributed by atoms with Crippen molar-refractivity contribution < 1.29 is 23.7 Å². The smallest absolute Gasteiger partial charge is 0.227 e. The molecular formula is C30H34FN3O4. The molecule has 1 heterocycles. The topological polar surface area (TPSA) is 69.0 Å². The van der Waals surface area contributed by atoms with E-state index in [4.69, 9.17) is 19.3 Å². The fourth-order valence-electron chi connectivity index (χ4n) is 4.24. The number of halogens is 1. The molecule has 0 fully saturated rings. The summed E-state index contributed by atoms with van der Waals surface area (Å²) in [5, 5.41) is 15.5. The maximum atomic E-state index is 13.6. The summed E-state index contributed by atoms with van der Waals surface area (Å²) in [6.45, 7) is 5.86. The molecule has 0 saturated carbocycles. The van der Waals surface area contributed by atoms with E-state index in [0.717, 1.165) is 22.5 Å². The van der Waals surface area contributed by atoms with Crippen molar-refractivity contribution in [2.45, 2.75) is 33.0 Å². The molecule has 0 unspecified atom stereocenters. The molecule has 0 aliphatic rings. The summed E-state index contributed by atoms with van der Waals surface area (Å²) >= 11 is 0. The Morgan fingerprint density at radius 1 is 0.947 bits per heavy atom. The molecule has 1 atom stereocenters. The van der Waals surface area contributed by atoms with E-state index in [1.165, 1.54) is 12.1 Å². The monoisotopic (exact) mass is 519 g/mol. The molecule has 4 aromatic rings. The molecule has 0 bridgehead atoms. The first kappa shape index (κ1) is 27.3. The predicted molar refractivity (Wildman–Crippen MR) is 144 cm³/mol. The largest absolute Gasteiger partial charge is 0.493 e. The van der Waals surface area contributed by atoms with Crippen LogP contribution in [0.1, 0.15) is 23.7 Å². The van der Waals surface area contributed by atoms with Crippen LogP contribution in [0.25, 0.3) is 5.69 Å². The fraction of sp³-hybridized carbons (Fsp3) is 0.300. The van der Waals surface area contributed by atoms with Gasteiger partial charge in [0.15, 0.2) is 11.5 Å². The van der Waals surface area contributed by atoms with Gasteiger partial charge in [-0.2, -0.15) is 5.10 Å². The summed E-state index contributed by atoms with van der Waals surface area (Å²) in [5.74, 6) is 1.44. The van der Waals surface area contributed by atoms with Gasteiger partial charge in [0.25, 0.3) is 0 Å². The van der Waals surface area contributed by atoms with Gasteiger partial charge >= 0.3 is 0 Å². The summed E-state index contributed by atoms with van der Waals surface area (Å²) in [6.07, 6.45) is -0.696. The summed E-state index contributed by atoms with van der Waals surface area (Å²) < 4.78 is 32.8. The van der Waals surface area contributed by atoms with E-state index >= 15 is 0 Å². The van der Waals surface area contributed by atoms with Gasteiger partial charge in [0, 0.05) is 26.2 Å². The molecule has 0 spiro atoms. The highest BCUT2D eigenvalue weighted by Crippen LogP contribution is 2.36. The van der Waals surface area contributed by atoms with Gasteiger partial charge in [0.1, 0.15) is 5.82 Å². The Morgan fingerprint density at radius 3 is 2.32 bits per heavy atom. The van der Waals surface area contributed by atoms with Crippen LogP contribution in [-0.4, -0.2) is 52.8 Å². The number of nitrogens with zero attached hydrogens (tertiary/aromatic N) is 3. The van der Waals surface area contributed by atoms with Gasteiger partial charge < -0.3 is 19.3 Å². The van der Waals surface area contributed by atoms with Gasteiger partial charge in [-0.15, -0.1) is 0 Å². The molecule has 1 N–H and O–H groups in total. The highest BCUT2D eigenvalue weighted by Gasteiger charge is 2.23. The highest BCUT2D eigenvalue weighted by atomic mass is 19.1. The maximum absolute atomic E-state index is 13.6. The van der Waals surface area contributed by atoms with Crippen molar-refractivity contribution in [3.8, 4) is 23.1 Å². The van der Waals surface area contributed by atoms with E-state index in [1.54, 1.807) is 23.9 Å². The average molecular weight is 520 g/mol. The van der Waals surface area contributed by atoms with Crippen molar-refractivity contribution in [3.05, 3.63) is 102 Å². The van der Waals surface area contributed by atoms with Crippen LogP contribution in [0.3, 0.4) is 0 Å². The summed E-state index contributed by atoms with van der Waals surface area (Å²) in [7, 11) is 1.60. The molecule has 200 valence electrons. The molecule has 7 nitrogen and oxygen atoms in total. The summed E-state index contributed by atoms with van der Waals surface area (Å²) in [4.78, 5) is 2.09. The minimum atomic E-state index is -0.696. The number of ether oxygens (including phenoxy) is 3. The number of aliphatic hydroxyl groups is 1. The minimum absolute atomic E-state index is 0.225. The lowest BCUT2D eigenvalue weighted by molar-refractivity contribution is 0.0178. The van der Waals surface area contributed by atoms with E-state index in [-0.39, 0.29) is 12.4 Å². The zero-order valence-electron chi connectivity index (χ0n) is 22.0. The lowest BCUT2D eigenvalue weighted by Gasteiger charge is -2.25. The van der Waals surface area contributed by atoms with E-state index in [9.17, 15) is 9.50 Å². The summed E-state index contributed by atoms with van der Waals surface area (Å²) in [6, 6.07) is 23.6. The molecule has 0 aliphatic heterocycles. The Bertz CT molecular complexity index is 1290. The second-order valence-electron chi connectivity index (χ2n) is 8.98. The second kappa shape index (κ2) is 13.2. The Kier molecular flexibility index (Phi) is 9.48. The van der Waals surface area contributed by atoms with E-state index in [0.29, 0.717) is 43.6 Å². The molecular weight excluding hydrogens is 485 g/mol. The highest BCUT2D eigenvalue weighted by molar-refractivity contribution is 5.47. The Hall–Kier alpha value is -3.72. The fourth-order valence-corrected chi connectivity index (χ4v) is 4.24. The van der Waals surface area contributed by atoms with Crippen molar-refractivity contribution in [2.24, 2.45) is 0 Å². The van der Waals surface area contributed by atoms with Gasteiger partial charge in [0.2, 0.25) is 5.88 Å². The van der Waals surface area contributed by atoms with Crippen LogP contribution in [0.5, 0.6) is 17.4 Å². The van der Waals surface area contributed by atoms with Gasteiger partial charge in [-0.3, -0.25) is 4.90 Å². The van der Waals surface area contributed by atoms with Crippen LogP contribution in [-0.2, 0) is 17.8 Å². The lowest BCUT2D eigenvalue weighted by Crippen LogP contribution is -2.34. The number of hydrogen-bond donors (Lipinski definition) is 1. The number of para-hydroxylation sites is 3. The van der Waals surface area contributed by atoms with Crippen LogP contribution < -0.4 is 9.47 Å². The molecule has 8 heteroatoms. The van der Waals surface area contributed by atoms with Crippen molar-refractivity contribution in [3.63, 3.8) is 0 Å². The van der Waals surface area contributed by atoms with Crippen molar-refractivity contribution >= 4 is 0 Å². The third-order valence-corrected chi connectivity index (χ3v) is 6.10. The van der Waals surface area contributed by atoms with Crippen LogP contribution in [0.4, 0.5) is 4.39 Å². The SMILES string of the molecule is CCOC[C@@H](O)CN(Cc1ccc(F)cc1)Cc1c(C)nn(-c2ccccc2)c1Oc1ccccc1OC. The normalized spacial score (nSPS) is 12.1. The number of aryl methyl sites for hydroxylation is 1. The molecule has 3 aromatic carbocycles. The molecule has 0 saturated heterocycles. The van der Waals surface area contributed by atoms with Gasteiger partial charge in [0.05, 0.1) is 36.8 Å². The van der Waals surface area contributed by atoms with Crippen LogP contribution in [0.15, 0.2) is 78.9 Å². The second-order valence-corrected chi connectivity index (χ2v) is 8.98. The number of hydrogen-bond acceptors (Lipinski definition) is 6. The van der Waals surface area contributed by atoms with E-state index in [1.807, 2.05) is 68.4 Å². The first-order valence-corrected chi connectivity index (χ1v) is 12.7. The van der Waals surface area contributed by atoms with Gasteiger partial charge in [-0.25, -0.2) is 9.07 Å². The predicted octanol–water partition coefficient (Wildman–Crippen LogP) is 5.52.